The van der Waals surface area contributed by atoms with Crippen molar-refractivity contribution in [1.29, 1.82) is 0 Å². The van der Waals surface area contributed by atoms with Crippen LogP contribution in [0.2, 0.25) is 6.04 Å². The van der Waals surface area contributed by atoms with E-state index in [0.29, 0.717) is 0 Å². The minimum atomic E-state index is -2.30. The van der Waals surface area contributed by atoms with Crippen molar-refractivity contribution >= 4 is 55.2 Å². The molecule has 5 heteroatoms. The van der Waals surface area contributed by atoms with Crippen LogP contribution in [0.1, 0.15) is 12.8 Å². The fraction of sp³-hybridized carbons (Fsp3) is 1.00. The Bertz CT molecular complexity index is 72.7. The molecule has 0 saturated carbocycles. The Hall–Kier alpha value is 1.57. The topological polar surface area (TPSA) is 0 Å². The van der Waals surface area contributed by atoms with E-state index in [1.54, 1.807) is 0 Å². The predicted octanol–water partition coefficient (Wildman–Crippen LogP) is 3.82. The van der Waals surface area contributed by atoms with Crippen LogP contribution in [-0.2, 0) is 0 Å². The van der Waals surface area contributed by atoms with Crippen molar-refractivity contribution in [3.63, 3.8) is 0 Å². The summed E-state index contributed by atoms with van der Waals surface area (Å²) in [5.74, 6) is 0. The molecular formula is C4H8BrCl3Si. The zero-order valence-electron chi connectivity index (χ0n) is 4.84. The molecule has 0 aromatic rings. The summed E-state index contributed by atoms with van der Waals surface area (Å²) in [6.07, 6.45) is 2.12. The molecule has 0 N–H and O–H groups in total. The van der Waals surface area contributed by atoms with Crippen molar-refractivity contribution in [1.82, 2.24) is 0 Å². The van der Waals surface area contributed by atoms with Crippen LogP contribution < -0.4 is 0 Å². The van der Waals surface area contributed by atoms with Crippen LogP contribution in [-0.4, -0.2) is 11.3 Å². The molecule has 0 aromatic carbocycles. The normalized spacial score (nSPS) is 12.0. The summed E-state index contributed by atoms with van der Waals surface area (Å²) in [4.78, 5) is 0. The second-order valence-electron chi connectivity index (χ2n) is 1.76. The third-order valence-electron chi connectivity index (χ3n) is 0.844. The van der Waals surface area contributed by atoms with E-state index < -0.39 is 6.00 Å². The molecule has 0 unspecified atom stereocenters. The van der Waals surface area contributed by atoms with Crippen LogP contribution in [0.4, 0.5) is 0 Å². The molecule has 0 heterocycles. The quantitative estimate of drug-likeness (QED) is 0.315. The summed E-state index contributed by atoms with van der Waals surface area (Å²) in [5, 5.41) is 1.00. The van der Waals surface area contributed by atoms with Crippen molar-refractivity contribution in [3.8, 4) is 0 Å². The van der Waals surface area contributed by atoms with E-state index in [9.17, 15) is 0 Å². The average Bonchev–Trinajstić information content (AvgIpc) is 1.63. The van der Waals surface area contributed by atoms with E-state index in [1.807, 2.05) is 0 Å². The molecule has 0 amide bonds. The standard InChI is InChI=1S/C4H8BrCl3Si/c5-3-1-2-4-9(6,7)8/h1-4H2. The van der Waals surface area contributed by atoms with E-state index in [2.05, 4.69) is 15.9 Å². The molecule has 0 aromatic heterocycles. The van der Waals surface area contributed by atoms with E-state index >= 15 is 0 Å². The smallest absolute Gasteiger partial charge is 0.126 e. The van der Waals surface area contributed by atoms with E-state index in [0.717, 1.165) is 24.2 Å². The molecule has 0 aliphatic rings. The molecule has 0 radical (unpaired) electrons. The molecule has 0 aliphatic carbocycles. The highest BCUT2D eigenvalue weighted by Crippen LogP contribution is 2.26. The fourth-order valence-electron chi connectivity index (χ4n) is 0.420. The summed E-state index contributed by atoms with van der Waals surface area (Å²) in [6.45, 7) is 0. The first-order valence-electron chi connectivity index (χ1n) is 2.69. The number of alkyl halides is 1. The van der Waals surface area contributed by atoms with Gasteiger partial charge in [-0.05, 0) is 12.5 Å². The first-order valence-corrected chi connectivity index (χ1v) is 9.05. The van der Waals surface area contributed by atoms with Gasteiger partial charge in [-0.1, -0.05) is 22.4 Å². The van der Waals surface area contributed by atoms with Gasteiger partial charge in [-0.25, -0.2) is 0 Å². The first kappa shape index (κ1) is 10.6. The van der Waals surface area contributed by atoms with E-state index in [4.69, 9.17) is 33.2 Å². The Balaban J connectivity index is 3.07. The second kappa shape index (κ2) is 5.25. The summed E-state index contributed by atoms with van der Waals surface area (Å²) in [5.41, 5.74) is 0. The van der Waals surface area contributed by atoms with Crippen molar-refractivity contribution in [2.45, 2.75) is 18.9 Å². The Morgan fingerprint density at radius 1 is 1.11 bits per heavy atom. The van der Waals surface area contributed by atoms with Gasteiger partial charge in [-0.3, -0.25) is 0 Å². The maximum Gasteiger partial charge on any atom is 0.341 e. The van der Waals surface area contributed by atoms with Gasteiger partial charge in [0.2, 0.25) is 0 Å². The van der Waals surface area contributed by atoms with Gasteiger partial charge in [0.1, 0.15) is 0 Å². The molecule has 0 nitrogen and oxygen atoms in total. The van der Waals surface area contributed by atoms with Gasteiger partial charge in [0.25, 0.3) is 0 Å². The van der Waals surface area contributed by atoms with Crippen LogP contribution >= 0.6 is 49.2 Å². The lowest BCUT2D eigenvalue weighted by Crippen LogP contribution is -2.07. The zero-order chi connectivity index (χ0) is 7.33. The molecule has 0 aliphatic heterocycles. The van der Waals surface area contributed by atoms with E-state index in [-0.39, 0.29) is 0 Å². The molecule has 0 spiro atoms. The molecule has 0 fully saturated rings. The Morgan fingerprint density at radius 2 is 1.67 bits per heavy atom. The van der Waals surface area contributed by atoms with Crippen LogP contribution in [0.15, 0.2) is 0 Å². The molecule has 0 rings (SSSR count). The largest absolute Gasteiger partial charge is 0.341 e. The maximum atomic E-state index is 5.62. The van der Waals surface area contributed by atoms with Gasteiger partial charge in [0, 0.05) is 5.33 Å². The number of unbranched alkanes of at least 4 members (excludes halogenated alkanes) is 1. The summed E-state index contributed by atoms with van der Waals surface area (Å²) < 4.78 is 0. The molecule has 56 valence electrons. The molecule has 0 bridgehead atoms. The molecular weight excluding hydrogens is 262 g/mol. The third kappa shape index (κ3) is 9.57. The highest BCUT2D eigenvalue weighted by atomic mass is 79.9. The molecule has 9 heavy (non-hydrogen) atoms. The van der Waals surface area contributed by atoms with Gasteiger partial charge in [0.05, 0.1) is 0 Å². The van der Waals surface area contributed by atoms with Gasteiger partial charge < -0.3 is 0 Å². The lowest BCUT2D eigenvalue weighted by molar-refractivity contribution is 0.895. The minimum Gasteiger partial charge on any atom is -0.126 e. The molecule has 0 saturated heterocycles. The summed E-state index contributed by atoms with van der Waals surface area (Å²) in [6, 6.07) is -1.52. The zero-order valence-corrected chi connectivity index (χ0v) is 9.69. The SMILES string of the molecule is Cl[Si](Cl)(Cl)CCCCBr. The fourth-order valence-corrected chi connectivity index (χ4v) is 2.67. The van der Waals surface area contributed by atoms with Crippen molar-refractivity contribution in [2.75, 3.05) is 5.33 Å². The first-order chi connectivity index (χ1) is 4.06. The highest BCUT2D eigenvalue weighted by molar-refractivity contribution is 9.09. The number of hydrogen-bond donors (Lipinski definition) is 0. The second-order valence-corrected chi connectivity index (χ2v) is 11.8. The van der Waals surface area contributed by atoms with Gasteiger partial charge in [0.15, 0.2) is 0 Å². The van der Waals surface area contributed by atoms with Crippen molar-refractivity contribution in [2.24, 2.45) is 0 Å². The van der Waals surface area contributed by atoms with Crippen LogP contribution in [0.3, 0.4) is 0 Å². The Morgan fingerprint density at radius 3 is 2.00 bits per heavy atom. The van der Waals surface area contributed by atoms with Gasteiger partial charge in [-0.2, -0.15) is 0 Å². The van der Waals surface area contributed by atoms with Gasteiger partial charge in [-0.15, -0.1) is 33.2 Å². The Kier molecular flexibility index (Phi) is 6.16. The third-order valence-corrected chi connectivity index (χ3v) is 4.03. The number of hydrogen-bond acceptors (Lipinski definition) is 0. The lowest BCUT2D eigenvalue weighted by atomic mass is 10.4. The average molecular weight is 270 g/mol. The lowest BCUT2D eigenvalue weighted by Gasteiger charge is -2.04. The molecule has 0 atom stereocenters. The van der Waals surface area contributed by atoms with Crippen LogP contribution in [0.25, 0.3) is 0 Å². The monoisotopic (exact) mass is 268 g/mol. The summed E-state index contributed by atoms with van der Waals surface area (Å²) >= 11 is 20.2. The maximum absolute atomic E-state index is 5.62. The highest BCUT2D eigenvalue weighted by Gasteiger charge is 2.23. The van der Waals surface area contributed by atoms with Crippen molar-refractivity contribution < 1.29 is 0 Å². The predicted molar refractivity (Wildman–Crippen MR) is 51.1 cm³/mol. The van der Waals surface area contributed by atoms with E-state index in [1.165, 1.54) is 0 Å². The Labute approximate surface area is 79.1 Å². The summed E-state index contributed by atoms with van der Waals surface area (Å²) in [7, 11) is 0. The van der Waals surface area contributed by atoms with Crippen LogP contribution in [0.5, 0.6) is 0 Å². The van der Waals surface area contributed by atoms with Gasteiger partial charge >= 0.3 is 6.00 Å². The van der Waals surface area contributed by atoms with Crippen LogP contribution in [0, 0.1) is 0 Å². The number of rotatable bonds is 4. The minimum absolute atomic E-state index is 0.781. The van der Waals surface area contributed by atoms with Crippen molar-refractivity contribution in [3.05, 3.63) is 0 Å². The number of halogens is 4.